The first kappa shape index (κ1) is 18.9. The van der Waals surface area contributed by atoms with Gasteiger partial charge >= 0.3 is 11.9 Å². The molecule has 0 bridgehead atoms. The van der Waals surface area contributed by atoms with Gasteiger partial charge in [0, 0.05) is 19.1 Å². The number of carbonyl (C=O) groups is 2. The predicted octanol–water partition coefficient (Wildman–Crippen LogP) is 2.50. The number of amides is 2. The van der Waals surface area contributed by atoms with Crippen LogP contribution in [0.3, 0.4) is 0 Å². The Morgan fingerprint density at radius 1 is 1.28 bits per heavy atom. The lowest BCUT2D eigenvalue weighted by Gasteiger charge is -2.37. The summed E-state index contributed by atoms with van der Waals surface area (Å²) in [5, 5.41) is 16.7. The van der Waals surface area contributed by atoms with Crippen molar-refractivity contribution in [1.29, 1.82) is 0 Å². The number of H-pyrrole nitrogens is 1. The fraction of sp³-hybridized carbons (Fsp3) is 0.421. The van der Waals surface area contributed by atoms with Crippen molar-refractivity contribution in [2.75, 3.05) is 13.1 Å². The van der Waals surface area contributed by atoms with Crippen LogP contribution in [0.4, 0.5) is 10.6 Å². The van der Waals surface area contributed by atoms with Crippen molar-refractivity contribution in [3.63, 3.8) is 0 Å². The topological polar surface area (TPSA) is 122 Å². The van der Waals surface area contributed by atoms with Gasteiger partial charge in [0.1, 0.15) is 6.10 Å². The standard InChI is InChI=1S/C19H21N5O5/c1-12-17(13-5-3-2-4-6-13)29-19(26)23(12)14-7-9-22(10-8-14)18(25)15-11-16(21-20-15)24(27)28/h2-6,11-12,14,17H,7-10H2,1H3,(H,20,21)/t12-,17-/m0/s1. The minimum absolute atomic E-state index is 0.0215. The van der Waals surface area contributed by atoms with Crippen molar-refractivity contribution in [2.45, 2.75) is 38.0 Å². The number of hydrogen-bond acceptors (Lipinski definition) is 6. The Morgan fingerprint density at radius 2 is 1.97 bits per heavy atom. The minimum Gasteiger partial charge on any atom is -0.439 e. The van der Waals surface area contributed by atoms with Crippen LogP contribution in [0, 0.1) is 10.1 Å². The van der Waals surface area contributed by atoms with E-state index in [-0.39, 0.29) is 41.7 Å². The van der Waals surface area contributed by atoms with E-state index in [0.29, 0.717) is 25.9 Å². The van der Waals surface area contributed by atoms with Gasteiger partial charge < -0.3 is 19.8 Å². The van der Waals surface area contributed by atoms with Crippen LogP contribution in [0.1, 0.15) is 41.9 Å². The molecule has 2 aliphatic rings. The molecule has 2 aliphatic heterocycles. The zero-order valence-electron chi connectivity index (χ0n) is 15.9. The second-order valence-electron chi connectivity index (χ2n) is 7.28. The summed E-state index contributed by atoms with van der Waals surface area (Å²) >= 11 is 0. The molecule has 0 saturated carbocycles. The number of aromatic amines is 1. The average Bonchev–Trinajstić information content (AvgIpc) is 3.33. The Bertz CT molecular complexity index is 922. The Morgan fingerprint density at radius 3 is 2.59 bits per heavy atom. The molecule has 0 radical (unpaired) electrons. The van der Waals surface area contributed by atoms with Gasteiger partial charge in [-0.1, -0.05) is 35.4 Å². The van der Waals surface area contributed by atoms with Crippen LogP contribution in [0.15, 0.2) is 36.4 Å². The van der Waals surface area contributed by atoms with E-state index >= 15 is 0 Å². The number of piperidine rings is 1. The van der Waals surface area contributed by atoms with Crippen LogP contribution in [-0.4, -0.2) is 62.1 Å². The Kier molecular flexibility index (Phi) is 4.91. The number of benzene rings is 1. The molecule has 29 heavy (non-hydrogen) atoms. The minimum atomic E-state index is -0.625. The summed E-state index contributed by atoms with van der Waals surface area (Å²) in [7, 11) is 0. The number of aromatic nitrogens is 2. The second-order valence-corrected chi connectivity index (χ2v) is 7.28. The highest BCUT2D eigenvalue weighted by Gasteiger charge is 2.44. The monoisotopic (exact) mass is 399 g/mol. The van der Waals surface area contributed by atoms with Crippen molar-refractivity contribution in [3.05, 3.63) is 57.8 Å². The zero-order valence-corrected chi connectivity index (χ0v) is 15.9. The number of likely N-dealkylation sites (tertiary alicyclic amines) is 1. The zero-order chi connectivity index (χ0) is 20.5. The molecule has 0 aliphatic carbocycles. The quantitative estimate of drug-likeness (QED) is 0.623. The van der Waals surface area contributed by atoms with E-state index in [4.69, 9.17) is 4.74 Å². The third-order valence-corrected chi connectivity index (χ3v) is 5.57. The van der Waals surface area contributed by atoms with Crippen LogP contribution in [0.25, 0.3) is 0 Å². The van der Waals surface area contributed by atoms with E-state index in [1.165, 1.54) is 0 Å². The normalized spacial score (nSPS) is 22.6. The molecule has 2 amide bonds. The first-order valence-electron chi connectivity index (χ1n) is 9.48. The first-order chi connectivity index (χ1) is 14.0. The summed E-state index contributed by atoms with van der Waals surface area (Å²) < 4.78 is 5.62. The van der Waals surface area contributed by atoms with E-state index < -0.39 is 4.92 Å². The van der Waals surface area contributed by atoms with Gasteiger partial charge in [-0.25, -0.2) is 4.79 Å². The van der Waals surface area contributed by atoms with E-state index in [0.717, 1.165) is 11.6 Å². The third kappa shape index (κ3) is 3.53. The van der Waals surface area contributed by atoms with Crippen LogP contribution in [0.2, 0.25) is 0 Å². The SMILES string of the molecule is C[C@H]1[C@@H](c2ccccc2)OC(=O)N1C1CCN(C(=O)c2cc([N+](=O)[O-])[nH]n2)CC1. The number of cyclic esters (lactones) is 1. The van der Waals surface area contributed by atoms with Gasteiger partial charge in [-0.2, -0.15) is 0 Å². The molecule has 3 heterocycles. The highest BCUT2D eigenvalue weighted by molar-refractivity contribution is 5.92. The van der Waals surface area contributed by atoms with E-state index in [2.05, 4.69) is 10.2 Å². The fourth-order valence-electron chi connectivity index (χ4n) is 4.07. The molecule has 0 unspecified atom stereocenters. The maximum Gasteiger partial charge on any atom is 0.411 e. The Hall–Kier alpha value is -3.43. The molecule has 152 valence electrons. The first-order valence-corrected chi connectivity index (χ1v) is 9.48. The molecule has 2 fully saturated rings. The highest BCUT2D eigenvalue weighted by Crippen LogP contribution is 2.35. The lowest BCUT2D eigenvalue weighted by atomic mass is 9.98. The van der Waals surface area contributed by atoms with Gasteiger partial charge in [0.25, 0.3) is 5.91 Å². The second kappa shape index (κ2) is 7.53. The van der Waals surface area contributed by atoms with Crippen molar-refractivity contribution in [2.24, 2.45) is 0 Å². The number of hydrogen-bond donors (Lipinski definition) is 1. The molecule has 0 spiro atoms. The molecular formula is C19H21N5O5. The number of rotatable bonds is 4. The van der Waals surface area contributed by atoms with E-state index in [1.54, 1.807) is 9.80 Å². The van der Waals surface area contributed by atoms with Crippen molar-refractivity contribution >= 4 is 17.8 Å². The number of nitrogens with one attached hydrogen (secondary N) is 1. The third-order valence-electron chi connectivity index (χ3n) is 5.57. The van der Waals surface area contributed by atoms with Crippen LogP contribution in [0.5, 0.6) is 0 Å². The number of ether oxygens (including phenoxy) is 1. The summed E-state index contributed by atoms with van der Waals surface area (Å²) in [4.78, 5) is 38.6. The molecule has 10 nitrogen and oxygen atoms in total. The fourth-order valence-corrected chi connectivity index (χ4v) is 4.07. The number of nitrogens with zero attached hydrogens (tertiary/aromatic N) is 4. The van der Waals surface area contributed by atoms with Gasteiger partial charge in [0.2, 0.25) is 0 Å². The average molecular weight is 399 g/mol. The van der Waals surface area contributed by atoms with Crippen LogP contribution >= 0.6 is 0 Å². The smallest absolute Gasteiger partial charge is 0.411 e. The molecule has 2 aromatic rings. The lowest BCUT2D eigenvalue weighted by Crippen LogP contribution is -2.49. The summed E-state index contributed by atoms with van der Waals surface area (Å²) in [6.07, 6.45) is 0.574. The van der Waals surface area contributed by atoms with Crippen molar-refractivity contribution in [3.8, 4) is 0 Å². The van der Waals surface area contributed by atoms with Gasteiger partial charge in [0.15, 0.2) is 5.69 Å². The predicted molar refractivity (Wildman–Crippen MR) is 101 cm³/mol. The summed E-state index contributed by atoms with van der Waals surface area (Å²) in [6, 6.07) is 10.7. The summed E-state index contributed by atoms with van der Waals surface area (Å²) in [5.41, 5.74) is 0.983. The maximum absolute atomic E-state index is 12.5. The van der Waals surface area contributed by atoms with Crippen molar-refractivity contribution in [1.82, 2.24) is 20.0 Å². The molecule has 1 N–H and O–H groups in total. The Balaban J connectivity index is 1.39. The molecule has 4 rings (SSSR count). The molecule has 2 saturated heterocycles. The van der Waals surface area contributed by atoms with E-state index in [1.807, 2.05) is 37.3 Å². The largest absolute Gasteiger partial charge is 0.439 e. The van der Waals surface area contributed by atoms with Gasteiger partial charge in [-0.3, -0.25) is 9.69 Å². The molecule has 10 heteroatoms. The van der Waals surface area contributed by atoms with Gasteiger partial charge in [-0.05, 0) is 30.3 Å². The lowest BCUT2D eigenvalue weighted by molar-refractivity contribution is -0.389. The highest BCUT2D eigenvalue weighted by atomic mass is 16.6. The van der Waals surface area contributed by atoms with Gasteiger partial charge in [0.05, 0.1) is 12.1 Å². The Labute approximate surface area is 166 Å². The molecular weight excluding hydrogens is 378 g/mol. The van der Waals surface area contributed by atoms with E-state index in [9.17, 15) is 19.7 Å². The summed E-state index contributed by atoms with van der Waals surface area (Å²) in [6.45, 7) is 2.86. The summed E-state index contributed by atoms with van der Waals surface area (Å²) in [5.74, 6) is -0.671. The molecule has 1 aromatic heterocycles. The molecule has 1 aromatic carbocycles. The van der Waals surface area contributed by atoms with Crippen LogP contribution < -0.4 is 0 Å². The maximum atomic E-state index is 12.5. The van der Waals surface area contributed by atoms with Crippen molar-refractivity contribution < 1.29 is 19.2 Å². The van der Waals surface area contributed by atoms with Gasteiger partial charge in [-0.15, -0.1) is 5.10 Å². The number of nitro groups is 1. The molecule has 2 atom stereocenters. The van der Waals surface area contributed by atoms with Crippen LogP contribution in [-0.2, 0) is 4.74 Å². The number of carbonyl (C=O) groups excluding carboxylic acids is 2.